The molecule has 2 N–H and O–H groups in total. The predicted molar refractivity (Wildman–Crippen MR) is 97.1 cm³/mol. The summed E-state index contributed by atoms with van der Waals surface area (Å²) in [4.78, 5) is 2.50. The van der Waals surface area contributed by atoms with Crippen molar-refractivity contribution in [1.29, 1.82) is 0 Å². The van der Waals surface area contributed by atoms with Crippen LogP contribution in [0.5, 0.6) is 5.75 Å². The third kappa shape index (κ3) is 3.55. The smallest absolute Gasteiger partial charge is 0.139 e. The highest BCUT2D eigenvalue weighted by Gasteiger charge is 2.36. The SMILES string of the molecule is N[C@@H]1CCCN([C@H]2CCc3ccccc3[C@@H]2Oc2ccc(F)cc2)C1. The van der Waals surface area contributed by atoms with E-state index in [-0.39, 0.29) is 18.0 Å². The van der Waals surface area contributed by atoms with Gasteiger partial charge in [0.25, 0.3) is 0 Å². The van der Waals surface area contributed by atoms with E-state index in [1.54, 1.807) is 12.1 Å². The molecule has 4 heteroatoms. The van der Waals surface area contributed by atoms with Gasteiger partial charge in [-0.15, -0.1) is 0 Å². The molecule has 132 valence electrons. The van der Waals surface area contributed by atoms with Crippen LogP contribution in [0.25, 0.3) is 0 Å². The van der Waals surface area contributed by atoms with Crippen molar-refractivity contribution in [3.05, 3.63) is 65.5 Å². The monoisotopic (exact) mass is 340 g/mol. The molecule has 1 saturated heterocycles. The molecule has 0 aromatic heterocycles. The summed E-state index contributed by atoms with van der Waals surface area (Å²) in [5, 5.41) is 0. The van der Waals surface area contributed by atoms with Gasteiger partial charge in [-0.2, -0.15) is 0 Å². The van der Waals surface area contributed by atoms with Crippen molar-refractivity contribution in [3.8, 4) is 5.75 Å². The number of nitrogens with zero attached hydrogens (tertiary/aromatic N) is 1. The molecule has 0 bridgehead atoms. The molecule has 0 radical (unpaired) electrons. The maximum atomic E-state index is 13.2. The van der Waals surface area contributed by atoms with Gasteiger partial charge in [0.2, 0.25) is 0 Å². The first-order valence-corrected chi connectivity index (χ1v) is 9.20. The Morgan fingerprint density at radius 2 is 1.84 bits per heavy atom. The third-order valence-corrected chi connectivity index (χ3v) is 5.46. The van der Waals surface area contributed by atoms with Crippen LogP contribution in [-0.4, -0.2) is 30.1 Å². The van der Waals surface area contributed by atoms with Crippen molar-refractivity contribution in [1.82, 2.24) is 4.90 Å². The molecular weight excluding hydrogens is 315 g/mol. The summed E-state index contributed by atoms with van der Waals surface area (Å²) < 4.78 is 19.6. The molecule has 2 aromatic carbocycles. The lowest BCUT2D eigenvalue weighted by molar-refractivity contribution is 0.0367. The van der Waals surface area contributed by atoms with E-state index in [1.807, 2.05) is 0 Å². The van der Waals surface area contributed by atoms with E-state index in [1.165, 1.54) is 23.3 Å². The second-order valence-electron chi connectivity index (χ2n) is 7.19. The van der Waals surface area contributed by atoms with Gasteiger partial charge in [0.05, 0.1) is 6.04 Å². The van der Waals surface area contributed by atoms with Gasteiger partial charge in [-0.05, 0) is 67.6 Å². The number of fused-ring (bicyclic) bond motifs is 1. The van der Waals surface area contributed by atoms with E-state index in [4.69, 9.17) is 10.5 Å². The minimum atomic E-state index is -0.241. The third-order valence-electron chi connectivity index (χ3n) is 5.46. The zero-order chi connectivity index (χ0) is 17.2. The van der Waals surface area contributed by atoms with Gasteiger partial charge in [-0.3, -0.25) is 4.90 Å². The molecular formula is C21H25FN2O. The van der Waals surface area contributed by atoms with E-state index in [0.717, 1.165) is 44.5 Å². The zero-order valence-electron chi connectivity index (χ0n) is 14.4. The Labute approximate surface area is 148 Å². The molecule has 25 heavy (non-hydrogen) atoms. The van der Waals surface area contributed by atoms with Gasteiger partial charge in [0.1, 0.15) is 17.7 Å². The first kappa shape index (κ1) is 16.6. The summed E-state index contributed by atoms with van der Waals surface area (Å²) in [7, 11) is 0. The Morgan fingerprint density at radius 1 is 1.04 bits per heavy atom. The lowest BCUT2D eigenvalue weighted by atomic mass is 9.84. The molecule has 0 spiro atoms. The predicted octanol–water partition coefficient (Wildman–Crippen LogP) is 3.68. The van der Waals surface area contributed by atoms with E-state index >= 15 is 0 Å². The Kier molecular flexibility index (Phi) is 4.73. The fourth-order valence-electron chi connectivity index (χ4n) is 4.22. The minimum absolute atomic E-state index is 0.0410. The van der Waals surface area contributed by atoms with Crippen LogP contribution >= 0.6 is 0 Å². The molecule has 2 aliphatic rings. The number of likely N-dealkylation sites (tertiary alicyclic amines) is 1. The van der Waals surface area contributed by atoms with Crippen LogP contribution in [0.2, 0.25) is 0 Å². The highest BCUT2D eigenvalue weighted by molar-refractivity contribution is 5.35. The Morgan fingerprint density at radius 3 is 2.64 bits per heavy atom. The highest BCUT2D eigenvalue weighted by Crippen LogP contribution is 2.37. The summed E-state index contributed by atoms with van der Waals surface area (Å²) in [6, 6.07) is 15.4. The number of benzene rings is 2. The van der Waals surface area contributed by atoms with Gasteiger partial charge < -0.3 is 10.5 Å². The van der Waals surface area contributed by atoms with Gasteiger partial charge in [0.15, 0.2) is 0 Å². The van der Waals surface area contributed by atoms with Crippen LogP contribution in [0.15, 0.2) is 48.5 Å². The summed E-state index contributed by atoms with van der Waals surface area (Å²) in [6.45, 7) is 2.00. The first-order valence-electron chi connectivity index (χ1n) is 9.20. The van der Waals surface area contributed by atoms with Gasteiger partial charge in [-0.1, -0.05) is 24.3 Å². The fraction of sp³-hybridized carbons (Fsp3) is 0.429. The number of halogens is 1. The second-order valence-corrected chi connectivity index (χ2v) is 7.19. The molecule has 0 saturated carbocycles. The number of rotatable bonds is 3. The van der Waals surface area contributed by atoms with Crippen LogP contribution in [0.3, 0.4) is 0 Å². The summed E-state index contributed by atoms with van der Waals surface area (Å²) >= 11 is 0. The minimum Gasteiger partial charge on any atom is -0.484 e. The van der Waals surface area contributed by atoms with Crippen LogP contribution in [-0.2, 0) is 6.42 Å². The number of hydrogen-bond donors (Lipinski definition) is 1. The second kappa shape index (κ2) is 7.14. The molecule has 2 aromatic rings. The molecule has 1 aliphatic carbocycles. The topological polar surface area (TPSA) is 38.5 Å². The number of ether oxygens (including phenoxy) is 1. The van der Waals surface area contributed by atoms with Crippen LogP contribution in [0, 0.1) is 5.82 Å². The highest BCUT2D eigenvalue weighted by atomic mass is 19.1. The fourth-order valence-corrected chi connectivity index (χ4v) is 4.22. The average molecular weight is 340 g/mol. The van der Waals surface area contributed by atoms with E-state index in [9.17, 15) is 4.39 Å². The van der Waals surface area contributed by atoms with Crippen molar-refractivity contribution in [2.24, 2.45) is 5.73 Å². The number of nitrogens with two attached hydrogens (primary N) is 1. The molecule has 0 unspecified atom stereocenters. The molecule has 4 rings (SSSR count). The molecule has 0 amide bonds. The first-order chi connectivity index (χ1) is 12.2. The number of aryl methyl sites for hydroxylation is 1. The Balaban J connectivity index is 1.64. The largest absolute Gasteiger partial charge is 0.484 e. The van der Waals surface area contributed by atoms with Crippen LogP contribution < -0.4 is 10.5 Å². The molecule has 1 fully saturated rings. The van der Waals surface area contributed by atoms with Crippen molar-refractivity contribution < 1.29 is 9.13 Å². The van der Waals surface area contributed by atoms with Crippen molar-refractivity contribution in [3.63, 3.8) is 0 Å². The maximum absolute atomic E-state index is 13.2. The standard InChI is InChI=1S/C21H25FN2O/c22-16-8-10-18(11-9-16)25-21-19-6-2-1-4-15(19)7-12-20(21)24-13-3-5-17(23)14-24/h1-2,4,6,8-11,17,20-21H,3,5,7,12-14,23H2/t17-,20+,21+/m1/s1. The van der Waals surface area contributed by atoms with Gasteiger partial charge in [0, 0.05) is 12.6 Å². The molecule has 3 nitrogen and oxygen atoms in total. The Hall–Kier alpha value is -1.91. The van der Waals surface area contributed by atoms with Crippen molar-refractivity contribution >= 4 is 0 Å². The average Bonchev–Trinajstić information content (AvgIpc) is 2.64. The van der Waals surface area contributed by atoms with E-state index in [2.05, 4.69) is 29.2 Å². The maximum Gasteiger partial charge on any atom is 0.139 e. The van der Waals surface area contributed by atoms with Crippen LogP contribution in [0.4, 0.5) is 4.39 Å². The zero-order valence-corrected chi connectivity index (χ0v) is 14.4. The summed E-state index contributed by atoms with van der Waals surface area (Å²) in [5.41, 5.74) is 8.82. The van der Waals surface area contributed by atoms with Gasteiger partial charge in [-0.25, -0.2) is 4.39 Å². The normalized spacial score (nSPS) is 26.9. The van der Waals surface area contributed by atoms with E-state index < -0.39 is 0 Å². The van der Waals surface area contributed by atoms with E-state index in [0.29, 0.717) is 6.04 Å². The van der Waals surface area contributed by atoms with Crippen molar-refractivity contribution in [2.75, 3.05) is 13.1 Å². The van der Waals surface area contributed by atoms with Gasteiger partial charge >= 0.3 is 0 Å². The van der Waals surface area contributed by atoms with Crippen LogP contribution in [0.1, 0.15) is 36.5 Å². The lowest BCUT2D eigenvalue weighted by Gasteiger charge is -2.43. The molecule has 1 heterocycles. The quantitative estimate of drug-likeness (QED) is 0.926. The number of piperidine rings is 1. The molecule has 3 atom stereocenters. The summed E-state index contributed by atoms with van der Waals surface area (Å²) in [6.07, 6.45) is 4.33. The lowest BCUT2D eigenvalue weighted by Crippen LogP contribution is -2.51. The van der Waals surface area contributed by atoms with Crippen molar-refractivity contribution in [2.45, 2.75) is 43.9 Å². The number of hydrogen-bond acceptors (Lipinski definition) is 3. The Bertz CT molecular complexity index is 718. The molecule has 1 aliphatic heterocycles. The summed E-state index contributed by atoms with van der Waals surface area (Å²) in [5.74, 6) is 0.476.